The first-order chi connectivity index (χ1) is 4.46. The Hall–Kier alpha value is -0.570. The fourth-order valence-corrected chi connectivity index (χ4v) is 0.234. The molecule has 0 aromatic heterocycles. The summed E-state index contributed by atoms with van der Waals surface area (Å²) in [4.78, 5) is 10.1. The highest BCUT2D eigenvalue weighted by atomic mass is 16.4. The van der Waals surface area contributed by atoms with Crippen LogP contribution >= 0.6 is 0 Å². The van der Waals surface area contributed by atoms with Crippen molar-refractivity contribution in [3.8, 4) is 0 Å². The second kappa shape index (κ2) is 3.43. The lowest BCUT2D eigenvalue weighted by molar-refractivity contribution is -0.137. The number of carboxylic acids is 1. The predicted molar refractivity (Wildman–Crippen MR) is 30.5 cm³/mol. The molecule has 0 aliphatic carbocycles. The number of hydrogen-bond acceptors (Lipinski definition) is 2. The summed E-state index contributed by atoms with van der Waals surface area (Å²) in [6.07, 6.45) is -2.47. The van der Waals surface area contributed by atoms with Gasteiger partial charge in [-0.3, -0.25) is 4.79 Å². The highest BCUT2D eigenvalue weighted by molar-refractivity contribution is 5.66. The lowest BCUT2D eigenvalue weighted by Crippen LogP contribution is -2.15. The van der Waals surface area contributed by atoms with Crippen molar-refractivity contribution in [2.24, 2.45) is 5.73 Å². The Bertz CT molecular complexity index is 129. The topological polar surface area (TPSA) is 63.3 Å². The Balaban J connectivity index is 3.94. The van der Waals surface area contributed by atoms with Crippen molar-refractivity contribution in [1.82, 2.24) is 0 Å². The molecule has 3 nitrogen and oxygen atoms in total. The van der Waals surface area contributed by atoms with Crippen molar-refractivity contribution in [3.05, 3.63) is 0 Å². The standard InChI is InChI=1S/C5H11NO2/c1-4(6)2-3-5(7)8/h4H,2-3,6H2,1H3,(H,7,8)/t4-/m1/s1/i2D,3D/t2-,3+,4-. The lowest BCUT2D eigenvalue weighted by Gasteiger charge is -1.98. The van der Waals surface area contributed by atoms with Crippen LogP contribution in [0.25, 0.3) is 0 Å². The summed E-state index contributed by atoms with van der Waals surface area (Å²) in [5.41, 5.74) is 5.20. The van der Waals surface area contributed by atoms with E-state index >= 15 is 0 Å². The zero-order valence-corrected chi connectivity index (χ0v) is 4.66. The third-order valence-corrected chi connectivity index (χ3v) is 0.542. The van der Waals surface area contributed by atoms with E-state index in [0.717, 1.165) is 0 Å². The van der Waals surface area contributed by atoms with Crippen LogP contribution in [0.5, 0.6) is 0 Å². The molecule has 0 aromatic rings. The van der Waals surface area contributed by atoms with Crippen LogP contribution in [-0.2, 0) is 4.79 Å². The second-order valence-corrected chi connectivity index (χ2v) is 1.56. The molecule has 0 aromatic carbocycles. The maximum absolute atomic E-state index is 10.1. The normalized spacial score (nSPS) is 24.8. The Labute approximate surface area is 51.3 Å². The molecule has 0 aliphatic rings. The number of nitrogens with two attached hydrogens (primary N) is 1. The Morgan fingerprint density at radius 1 is 2.12 bits per heavy atom. The molecule has 3 atom stereocenters. The maximum atomic E-state index is 10.1. The molecule has 0 radical (unpaired) electrons. The lowest BCUT2D eigenvalue weighted by atomic mass is 10.2. The fourth-order valence-electron chi connectivity index (χ4n) is 0.234. The van der Waals surface area contributed by atoms with Crippen LogP contribution in [0, 0.1) is 0 Å². The van der Waals surface area contributed by atoms with Gasteiger partial charge in [-0.1, -0.05) is 0 Å². The van der Waals surface area contributed by atoms with E-state index in [-0.39, 0.29) is 0 Å². The zero-order chi connectivity index (χ0) is 8.31. The van der Waals surface area contributed by atoms with Gasteiger partial charge in [0.1, 0.15) is 0 Å². The third-order valence-electron chi connectivity index (χ3n) is 0.542. The van der Waals surface area contributed by atoms with Crippen LogP contribution in [0.1, 0.15) is 22.5 Å². The largest absolute Gasteiger partial charge is 0.481 e. The third kappa shape index (κ3) is 5.43. The molecule has 0 rings (SSSR count). The van der Waals surface area contributed by atoms with Crippen LogP contribution < -0.4 is 5.73 Å². The molecule has 3 N–H and O–H groups in total. The van der Waals surface area contributed by atoms with E-state index in [1.807, 2.05) is 0 Å². The molecule has 0 amide bonds. The number of aliphatic carboxylic acids is 1. The van der Waals surface area contributed by atoms with E-state index in [1.54, 1.807) is 0 Å². The number of carbonyl (C=O) groups is 1. The quantitative estimate of drug-likeness (QED) is 0.557. The van der Waals surface area contributed by atoms with Gasteiger partial charge < -0.3 is 10.8 Å². The Morgan fingerprint density at radius 2 is 2.62 bits per heavy atom. The molecule has 0 heterocycles. The van der Waals surface area contributed by atoms with E-state index in [4.69, 9.17) is 13.6 Å². The minimum absolute atomic E-state index is 0.571. The predicted octanol–water partition coefficient (Wildman–Crippen LogP) is 0.198. The van der Waals surface area contributed by atoms with Crippen molar-refractivity contribution in [1.29, 1.82) is 0 Å². The van der Waals surface area contributed by atoms with Gasteiger partial charge in [-0.2, -0.15) is 0 Å². The van der Waals surface area contributed by atoms with Crippen molar-refractivity contribution in [2.75, 3.05) is 0 Å². The molecular formula is C5H11NO2. The number of hydrogen-bond donors (Lipinski definition) is 2. The highest BCUT2D eigenvalue weighted by Gasteiger charge is 1.98. The summed E-state index contributed by atoms with van der Waals surface area (Å²) in [5, 5.41) is 8.24. The molecule has 0 saturated carbocycles. The van der Waals surface area contributed by atoms with Crippen LogP contribution in [0.2, 0.25) is 0 Å². The van der Waals surface area contributed by atoms with E-state index in [0.29, 0.717) is 0 Å². The number of rotatable bonds is 3. The number of carboxylic acid groups (broad SMARTS) is 1. The zero-order valence-electron chi connectivity index (χ0n) is 6.66. The SMILES string of the molecule is [2H][C@H]([C@H]([2H])C(=O)O)[C@@H](C)N. The van der Waals surface area contributed by atoms with Crippen LogP contribution in [-0.4, -0.2) is 17.1 Å². The summed E-state index contributed by atoms with van der Waals surface area (Å²) in [6.45, 7) is 1.52. The molecule has 0 spiro atoms. The summed E-state index contributed by atoms with van der Waals surface area (Å²) in [6, 6.07) is -0.571. The first-order valence-electron chi connectivity index (χ1n) is 3.45. The molecule has 8 heavy (non-hydrogen) atoms. The summed E-state index contributed by atoms with van der Waals surface area (Å²) >= 11 is 0. The van der Waals surface area contributed by atoms with Gasteiger partial charge in [-0.05, 0) is 13.3 Å². The minimum Gasteiger partial charge on any atom is -0.481 e. The van der Waals surface area contributed by atoms with Crippen LogP contribution in [0.3, 0.4) is 0 Å². The maximum Gasteiger partial charge on any atom is 0.303 e. The summed E-state index contributed by atoms with van der Waals surface area (Å²) < 4.78 is 14.0. The van der Waals surface area contributed by atoms with E-state index in [2.05, 4.69) is 0 Å². The van der Waals surface area contributed by atoms with Crippen molar-refractivity contribution in [2.45, 2.75) is 25.8 Å². The van der Waals surface area contributed by atoms with Crippen molar-refractivity contribution >= 4 is 5.97 Å². The van der Waals surface area contributed by atoms with Gasteiger partial charge in [0.05, 0.1) is 0 Å². The highest BCUT2D eigenvalue weighted by Crippen LogP contribution is 1.91. The monoisotopic (exact) mass is 119 g/mol. The van der Waals surface area contributed by atoms with Gasteiger partial charge in [-0.25, -0.2) is 0 Å². The molecular weight excluding hydrogens is 106 g/mol. The van der Waals surface area contributed by atoms with E-state index < -0.39 is 24.8 Å². The molecule has 0 unspecified atom stereocenters. The Morgan fingerprint density at radius 3 is 2.75 bits per heavy atom. The van der Waals surface area contributed by atoms with Gasteiger partial charge in [0.25, 0.3) is 0 Å². The van der Waals surface area contributed by atoms with E-state index in [9.17, 15) is 4.79 Å². The smallest absolute Gasteiger partial charge is 0.303 e. The minimum atomic E-state index is -1.43. The summed E-state index contributed by atoms with van der Waals surface area (Å²) in [7, 11) is 0. The van der Waals surface area contributed by atoms with Crippen LogP contribution in [0.15, 0.2) is 0 Å². The molecule has 0 bridgehead atoms. The van der Waals surface area contributed by atoms with Gasteiger partial charge in [0.2, 0.25) is 0 Å². The second-order valence-electron chi connectivity index (χ2n) is 1.56. The molecule has 48 valence electrons. The molecule has 0 saturated heterocycles. The molecule has 0 aliphatic heterocycles. The first kappa shape index (κ1) is 4.32. The van der Waals surface area contributed by atoms with Crippen LogP contribution in [0.4, 0.5) is 0 Å². The average Bonchev–Trinajstić information content (AvgIpc) is 1.84. The average molecular weight is 119 g/mol. The fraction of sp³-hybridized carbons (Fsp3) is 0.800. The first-order valence-corrected chi connectivity index (χ1v) is 2.29. The van der Waals surface area contributed by atoms with E-state index in [1.165, 1.54) is 6.92 Å². The van der Waals surface area contributed by atoms with Gasteiger partial charge in [0.15, 0.2) is 0 Å². The van der Waals surface area contributed by atoms with Crippen molar-refractivity contribution < 1.29 is 12.6 Å². The van der Waals surface area contributed by atoms with Gasteiger partial charge in [-0.15, -0.1) is 0 Å². The Kier molecular flexibility index (Phi) is 1.86. The summed E-state index contributed by atoms with van der Waals surface area (Å²) in [5.74, 6) is -1.29. The van der Waals surface area contributed by atoms with Gasteiger partial charge in [0, 0.05) is 15.2 Å². The van der Waals surface area contributed by atoms with Crippen molar-refractivity contribution in [3.63, 3.8) is 0 Å². The van der Waals surface area contributed by atoms with Gasteiger partial charge >= 0.3 is 5.97 Å². The molecule has 3 heteroatoms. The molecule has 0 fully saturated rings.